The molecular weight excluding hydrogens is 542 g/mol. The lowest BCUT2D eigenvalue weighted by Crippen LogP contribution is -2.38. The number of nitrogens with one attached hydrogen (secondary N) is 1. The number of fused-ring (bicyclic) bond motifs is 2. The molecule has 0 aliphatic rings. The standard InChI is InChI=1S/C17H19FN2O3.C12H11FN2O.ClH/c1-10(20-16(21)23-17(2,3)4)5-11-6-13(18)7-14-12(8-19)9-22-15(11)14;1-7(15)2-8-3-10(13)4-11-9(5-14)6-16-12(8)11;/h6-7,9-10H,5H2,1-4H3,(H,20,21);3-4,6-7H,2,15H2,1H3;1H. The second-order valence-corrected chi connectivity index (χ2v) is 10.3. The number of nitriles is 2. The number of hydrogen-bond donors (Lipinski definition) is 2. The maximum atomic E-state index is 13.8. The maximum Gasteiger partial charge on any atom is 0.407 e. The van der Waals surface area contributed by atoms with Gasteiger partial charge in [0.25, 0.3) is 0 Å². The number of amides is 1. The van der Waals surface area contributed by atoms with Crippen LogP contribution in [0.3, 0.4) is 0 Å². The highest BCUT2D eigenvalue weighted by atomic mass is 35.5. The summed E-state index contributed by atoms with van der Waals surface area (Å²) in [5, 5.41) is 21.5. The lowest BCUT2D eigenvalue weighted by molar-refractivity contribution is 0.0508. The highest BCUT2D eigenvalue weighted by Gasteiger charge is 2.20. The van der Waals surface area contributed by atoms with Crippen LogP contribution in [-0.2, 0) is 17.6 Å². The maximum absolute atomic E-state index is 13.8. The average molecular weight is 573 g/mol. The van der Waals surface area contributed by atoms with Gasteiger partial charge in [0.15, 0.2) is 0 Å². The van der Waals surface area contributed by atoms with Gasteiger partial charge in [-0.05, 0) is 77.3 Å². The molecule has 2 aromatic carbocycles. The van der Waals surface area contributed by atoms with Crippen molar-refractivity contribution in [2.24, 2.45) is 5.73 Å². The molecule has 2 atom stereocenters. The number of alkyl carbamates (subject to hydrolysis) is 1. The Bertz CT molecular complexity index is 1580. The number of furan rings is 2. The largest absolute Gasteiger partial charge is 0.463 e. The highest BCUT2D eigenvalue weighted by molar-refractivity contribution is 5.87. The molecule has 0 spiro atoms. The Morgan fingerprint density at radius 2 is 1.40 bits per heavy atom. The predicted molar refractivity (Wildman–Crippen MR) is 149 cm³/mol. The number of carbonyl (C=O) groups is 1. The Morgan fingerprint density at radius 3 is 1.80 bits per heavy atom. The van der Waals surface area contributed by atoms with Crippen molar-refractivity contribution in [3.8, 4) is 12.1 Å². The molecule has 8 nitrogen and oxygen atoms in total. The van der Waals surface area contributed by atoms with E-state index in [1.807, 2.05) is 19.1 Å². The molecule has 0 aliphatic carbocycles. The summed E-state index contributed by atoms with van der Waals surface area (Å²) in [6, 6.07) is 8.89. The summed E-state index contributed by atoms with van der Waals surface area (Å²) < 4.78 is 43.0. The molecule has 4 rings (SSSR count). The van der Waals surface area contributed by atoms with Crippen LogP contribution in [0.4, 0.5) is 13.6 Å². The first-order chi connectivity index (χ1) is 18.3. The van der Waals surface area contributed by atoms with Gasteiger partial charge in [-0.2, -0.15) is 10.5 Å². The number of ether oxygens (including phenoxy) is 1. The van der Waals surface area contributed by atoms with Gasteiger partial charge < -0.3 is 24.6 Å². The molecule has 0 bridgehead atoms. The number of carbonyl (C=O) groups excluding carboxylic acids is 1. The van der Waals surface area contributed by atoms with Gasteiger partial charge >= 0.3 is 6.09 Å². The number of nitrogens with two attached hydrogens (primary N) is 1. The molecule has 0 saturated heterocycles. The SMILES string of the molecule is CC(Cc1cc(F)cc2c(C#N)coc12)NC(=O)OC(C)(C)C.CC(N)Cc1cc(F)cc2c(C#N)coc12.Cl. The third-order valence-electron chi connectivity index (χ3n) is 5.50. The van der Waals surface area contributed by atoms with Crippen LogP contribution >= 0.6 is 12.4 Å². The van der Waals surface area contributed by atoms with E-state index >= 15 is 0 Å². The number of halogens is 3. The molecular formula is C29H31ClF2N4O4. The van der Waals surface area contributed by atoms with E-state index in [0.29, 0.717) is 51.5 Å². The molecule has 2 aromatic heterocycles. The predicted octanol–water partition coefficient (Wildman–Crippen LogP) is 6.65. The van der Waals surface area contributed by atoms with Crippen LogP contribution in [-0.4, -0.2) is 23.8 Å². The molecule has 1 amide bonds. The summed E-state index contributed by atoms with van der Waals surface area (Å²) in [7, 11) is 0. The molecule has 40 heavy (non-hydrogen) atoms. The fraction of sp³-hybridized carbons (Fsp3) is 0.345. The third-order valence-corrected chi connectivity index (χ3v) is 5.50. The van der Waals surface area contributed by atoms with Crippen LogP contribution in [0.2, 0.25) is 0 Å². The fourth-order valence-electron chi connectivity index (χ4n) is 4.05. The van der Waals surface area contributed by atoms with Crippen LogP contribution in [0.15, 0.2) is 45.6 Å². The Hall–Kier alpha value is -4.12. The van der Waals surface area contributed by atoms with Gasteiger partial charge in [0.2, 0.25) is 0 Å². The topological polar surface area (TPSA) is 138 Å². The number of benzene rings is 2. The highest BCUT2D eigenvalue weighted by Crippen LogP contribution is 2.27. The quantitative estimate of drug-likeness (QED) is 0.273. The molecule has 2 heterocycles. The van der Waals surface area contributed by atoms with Crippen LogP contribution in [0, 0.1) is 34.3 Å². The normalized spacial score (nSPS) is 12.3. The van der Waals surface area contributed by atoms with E-state index in [2.05, 4.69) is 5.32 Å². The van der Waals surface area contributed by atoms with Gasteiger partial charge in [-0.25, -0.2) is 13.6 Å². The molecule has 212 valence electrons. The van der Waals surface area contributed by atoms with Gasteiger partial charge in [0.1, 0.15) is 53.1 Å². The van der Waals surface area contributed by atoms with E-state index in [-0.39, 0.29) is 35.9 Å². The number of nitrogens with zero attached hydrogens (tertiary/aromatic N) is 2. The van der Waals surface area contributed by atoms with E-state index in [4.69, 9.17) is 29.8 Å². The first-order valence-corrected chi connectivity index (χ1v) is 12.3. The van der Waals surface area contributed by atoms with Crippen molar-refractivity contribution in [2.75, 3.05) is 0 Å². The molecule has 2 unspecified atom stereocenters. The van der Waals surface area contributed by atoms with E-state index in [1.165, 1.54) is 36.8 Å². The molecule has 0 radical (unpaired) electrons. The summed E-state index contributed by atoms with van der Waals surface area (Å²) in [6.07, 6.45) is 2.99. The molecule has 0 saturated carbocycles. The summed E-state index contributed by atoms with van der Waals surface area (Å²) in [5.41, 5.74) is 8.02. The van der Waals surface area contributed by atoms with Crippen LogP contribution < -0.4 is 11.1 Å². The summed E-state index contributed by atoms with van der Waals surface area (Å²) in [6.45, 7) is 8.96. The Morgan fingerprint density at radius 1 is 0.950 bits per heavy atom. The van der Waals surface area contributed by atoms with Crippen molar-refractivity contribution < 1.29 is 27.1 Å². The minimum Gasteiger partial charge on any atom is -0.463 e. The van der Waals surface area contributed by atoms with Gasteiger partial charge in [-0.3, -0.25) is 0 Å². The van der Waals surface area contributed by atoms with Gasteiger partial charge in [-0.15, -0.1) is 12.4 Å². The van der Waals surface area contributed by atoms with Crippen molar-refractivity contribution >= 4 is 40.4 Å². The summed E-state index contributed by atoms with van der Waals surface area (Å²) in [5.74, 6) is -0.823. The molecule has 0 fully saturated rings. The zero-order valence-electron chi connectivity index (χ0n) is 22.8. The molecule has 3 N–H and O–H groups in total. The van der Waals surface area contributed by atoms with Gasteiger partial charge in [0.05, 0.1) is 11.1 Å². The van der Waals surface area contributed by atoms with Crippen molar-refractivity contribution in [3.63, 3.8) is 0 Å². The second kappa shape index (κ2) is 13.3. The van der Waals surface area contributed by atoms with E-state index < -0.39 is 17.5 Å². The van der Waals surface area contributed by atoms with Gasteiger partial charge in [-0.1, -0.05) is 0 Å². The van der Waals surface area contributed by atoms with Crippen LogP contribution in [0.1, 0.15) is 56.9 Å². The zero-order valence-corrected chi connectivity index (χ0v) is 23.6. The molecule has 0 aliphatic heterocycles. The minimum absolute atomic E-state index is 0. The van der Waals surface area contributed by atoms with Crippen molar-refractivity contribution in [1.82, 2.24) is 5.32 Å². The van der Waals surface area contributed by atoms with Crippen molar-refractivity contribution in [3.05, 3.63) is 70.7 Å². The van der Waals surface area contributed by atoms with Crippen molar-refractivity contribution in [2.45, 2.75) is 65.1 Å². The van der Waals surface area contributed by atoms with Crippen LogP contribution in [0.25, 0.3) is 21.9 Å². The number of hydrogen-bond acceptors (Lipinski definition) is 7. The van der Waals surface area contributed by atoms with Gasteiger partial charge in [0, 0.05) is 28.4 Å². The lowest BCUT2D eigenvalue weighted by Gasteiger charge is -2.22. The molecule has 4 aromatic rings. The second-order valence-electron chi connectivity index (χ2n) is 10.3. The Labute approximate surface area is 237 Å². The molecule has 11 heteroatoms. The van der Waals surface area contributed by atoms with E-state index in [0.717, 1.165) is 0 Å². The summed E-state index contributed by atoms with van der Waals surface area (Å²) >= 11 is 0. The summed E-state index contributed by atoms with van der Waals surface area (Å²) in [4.78, 5) is 11.8. The lowest BCUT2D eigenvalue weighted by atomic mass is 10.0. The third kappa shape index (κ3) is 8.19. The fourth-order valence-corrected chi connectivity index (χ4v) is 4.05. The van der Waals surface area contributed by atoms with Crippen molar-refractivity contribution in [1.29, 1.82) is 10.5 Å². The Kier molecular flexibility index (Phi) is 10.7. The van der Waals surface area contributed by atoms with E-state index in [1.54, 1.807) is 27.7 Å². The van der Waals surface area contributed by atoms with E-state index in [9.17, 15) is 13.6 Å². The minimum atomic E-state index is -0.585. The average Bonchev–Trinajstić information content (AvgIpc) is 3.41. The zero-order chi connectivity index (χ0) is 28.9. The Balaban J connectivity index is 0.000000290. The first kappa shape index (κ1) is 32.1. The first-order valence-electron chi connectivity index (χ1n) is 12.3. The smallest absolute Gasteiger partial charge is 0.407 e. The van der Waals surface area contributed by atoms with Crippen LogP contribution in [0.5, 0.6) is 0 Å². The monoisotopic (exact) mass is 572 g/mol. The number of rotatable bonds is 5.